The number of benzene rings is 2. The molecule has 0 unspecified atom stereocenters. The Bertz CT molecular complexity index is 1280. The van der Waals surface area contributed by atoms with Crippen LogP contribution in [0.3, 0.4) is 0 Å². The molecule has 27 heavy (non-hydrogen) atoms. The number of aromatic nitrogens is 3. The summed E-state index contributed by atoms with van der Waals surface area (Å²) in [5, 5.41) is 2.17. The van der Waals surface area contributed by atoms with Crippen molar-refractivity contribution in [3.05, 3.63) is 48.3 Å². The summed E-state index contributed by atoms with van der Waals surface area (Å²) >= 11 is 0. The van der Waals surface area contributed by atoms with Crippen LogP contribution in [0.5, 0.6) is 0 Å². The van der Waals surface area contributed by atoms with Gasteiger partial charge in [-0.05, 0) is 31.5 Å². The molecule has 7 heteroatoms. The van der Waals surface area contributed by atoms with Gasteiger partial charge in [-0.15, -0.1) is 0 Å². The van der Waals surface area contributed by atoms with Crippen LogP contribution in [0.4, 0.5) is 0 Å². The first-order valence-corrected chi connectivity index (χ1v) is 10.6. The lowest BCUT2D eigenvalue weighted by molar-refractivity contribution is -0.678. The van der Waals surface area contributed by atoms with Crippen molar-refractivity contribution in [1.29, 1.82) is 0 Å². The van der Waals surface area contributed by atoms with E-state index in [0.29, 0.717) is 13.0 Å². The highest BCUT2D eigenvalue weighted by Gasteiger charge is 2.21. The molecule has 0 aliphatic heterocycles. The van der Waals surface area contributed by atoms with Crippen molar-refractivity contribution in [2.24, 2.45) is 0 Å². The lowest BCUT2D eigenvalue weighted by atomic mass is 10.1. The normalized spacial score (nSPS) is 12.4. The Kier molecular flexibility index (Phi) is 4.36. The summed E-state index contributed by atoms with van der Waals surface area (Å²) in [5.74, 6) is 0.685. The van der Waals surface area contributed by atoms with E-state index >= 15 is 0 Å². The third-order valence-electron chi connectivity index (χ3n) is 5.07. The lowest BCUT2D eigenvalue weighted by Crippen LogP contribution is -2.37. The van der Waals surface area contributed by atoms with Crippen LogP contribution in [0.25, 0.3) is 32.8 Å². The van der Waals surface area contributed by atoms with E-state index in [4.69, 9.17) is 4.98 Å². The summed E-state index contributed by atoms with van der Waals surface area (Å²) < 4.78 is 37.1. The average Bonchev–Trinajstić information content (AvgIpc) is 2.87. The molecule has 0 fully saturated rings. The molecule has 6 nitrogen and oxygen atoms in total. The SMILES string of the molecule is CCn1c(C)[n+](CCCS(=O)(=O)[O-])c2cc3nc4ccccc4cc3cc21. The van der Waals surface area contributed by atoms with Crippen LogP contribution in [0.15, 0.2) is 42.5 Å². The maximum atomic E-state index is 11.0. The van der Waals surface area contributed by atoms with Crippen LogP contribution < -0.4 is 4.57 Å². The number of nitrogens with zero attached hydrogens (tertiary/aromatic N) is 3. The van der Waals surface area contributed by atoms with Crippen LogP contribution in [0.1, 0.15) is 19.2 Å². The number of aryl methyl sites for hydroxylation is 2. The summed E-state index contributed by atoms with van der Waals surface area (Å²) in [4.78, 5) is 4.78. The Morgan fingerprint density at radius 1 is 1.11 bits per heavy atom. The van der Waals surface area contributed by atoms with Crippen LogP contribution in [-0.2, 0) is 23.2 Å². The first kappa shape index (κ1) is 17.9. The first-order chi connectivity index (χ1) is 12.9. The molecule has 0 bridgehead atoms. The van der Waals surface area contributed by atoms with Gasteiger partial charge in [0.2, 0.25) is 0 Å². The Morgan fingerprint density at radius 2 is 1.89 bits per heavy atom. The number of rotatable bonds is 5. The van der Waals surface area contributed by atoms with Crippen molar-refractivity contribution in [2.45, 2.75) is 33.4 Å². The second-order valence-corrected chi connectivity index (χ2v) is 8.30. The minimum absolute atomic E-state index is 0.295. The van der Waals surface area contributed by atoms with E-state index in [9.17, 15) is 13.0 Å². The maximum Gasteiger partial charge on any atom is 0.254 e. The molecule has 0 saturated heterocycles. The van der Waals surface area contributed by atoms with Gasteiger partial charge >= 0.3 is 0 Å². The minimum atomic E-state index is -4.20. The molecule has 4 rings (SSSR count). The standard InChI is InChI=1S/C20H21N3O3S/c1-3-22-14(2)23(9-6-10-27(24,25)26)20-13-18-16(12-19(20)22)11-15-7-4-5-8-17(15)21-18/h4-5,7-8,11-13H,3,6,9-10H2,1-2H3. The van der Waals surface area contributed by atoms with Gasteiger partial charge in [0.1, 0.15) is 0 Å². The number of fused-ring (bicyclic) bond motifs is 3. The molecule has 2 aromatic carbocycles. The van der Waals surface area contributed by atoms with Crippen molar-refractivity contribution < 1.29 is 17.5 Å². The average molecular weight is 383 g/mol. The molecular weight excluding hydrogens is 362 g/mol. The van der Waals surface area contributed by atoms with Crippen LogP contribution in [0.2, 0.25) is 0 Å². The van der Waals surface area contributed by atoms with Crippen molar-refractivity contribution in [2.75, 3.05) is 5.75 Å². The maximum absolute atomic E-state index is 11.0. The summed E-state index contributed by atoms with van der Waals surface area (Å²) in [6.45, 7) is 5.39. The Morgan fingerprint density at radius 3 is 2.63 bits per heavy atom. The fourth-order valence-corrected chi connectivity index (χ4v) is 4.29. The zero-order valence-corrected chi connectivity index (χ0v) is 16.2. The molecule has 0 amide bonds. The predicted octanol–water partition coefficient (Wildman–Crippen LogP) is 2.89. The number of imidazole rings is 1. The van der Waals surface area contributed by atoms with Crippen molar-refractivity contribution in [1.82, 2.24) is 9.55 Å². The fourth-order valence-electron chi connectivity index (χ4n) is 3.81. The Balaban J connectivity index is 1.90. The molecule has 2 heterocycles. The Hall–Kier alpha value is -2.51. The van der Waals surface area contributed by atoms with E-state index in [2.05, 4.69) is 40.3 Å². The molecule has 0 aliphatic rings. The number of pyridine rings is 1. The van der Waals surface area contributed by atoms with Gasteiger partial charge < -0.3 is 4.55 Å². The summed E-state index contributed by atoms with van der Waals surface area (Å²) in [6.07, 6.45) is 0.295. The second-order valence-electron chi connectivity index (χ2n) is 6.77. The highest BCUT2D eigenvalue weighted by atomic mass is 32.2. The highest BCUT2D eigenvalue weighted by molar-refractivity contribution is 7.85. The zero-order valence-electron chi connectivity index (χ0n) is 15.3. The van der Waals surface area contributed by atoms with E-state index in [0.717, 1.165) is 45.2 Å². The number of hydrogen-bond donors (Lipinski definition) is 0. The molecule has 140 valence electrons. The van der Waals surface area contributed by atoms with E-state index < -0.39 is 10.1 Å². The van der Waals surface area contributed by atoms with Crippen LogP contribution >= 0.6 is 0 Å². The minimum Gasteiger partial charge on any atom is -0.748 e. The van der Waals surface area contributed by atoms with Gasteiger partial charge in [-0.3, -0.25) is 0 Å². The number of para-hydroxylation sites is 1. The molecular formula is C20H21N3O3S. The smallest absolute Gasteiger partial charge is 0.254 e. The molecule has 0 spiro atoms. The molecule has 2 aromatic heterocycles. The molecule has 0 aliphatic carbocycles. The van der Waals surface area contributed by atoms with Crippen molar-refractivity contribution >= 4 is 43.0 Å². The van der Waals surface area contributed by atoms with E-state index in [-0.39, 0.29) is 5.75 Å². The molecule has 4 aromatic rings. The van der Waals surface area contributed by atoms with Crippen molar-refractivity contribution in [3.63, 3.8) is 0 Å². The summed E-state index contributed by atoms with van der Waals surface area (Å²) in [5.41, 5.74) is 3.94. The van der Waals surface area contributed by atoms with Crippen LogP contribution in [-0.4, -0.2) is 28.3 Å². The quantitative estimate of drug-likeness (QED) is 0.302. The van der Waals surface area contributed by atoms with Crippen molar-refractivity contribution in [3.8, 4) is 0 Å². The number of hydrogen-bond acceptors (Lipinski definition) is 4. The van der Waals surface area contributed by atoms with Crippen LogP contribution in [0, 0.1) is 6.92 Å². The van der Waals surface area contributed by atoms with Gasteiger partial charge in [0.05, 0.1) is 34.2 Å². The topological polar surface area (TPSA) is 78.9 Å². The van der Waals surface area contributed by atoms with E-state index in [1.54, 1.807) is 0 Å². The Labute approximate surface area is 157 Å². The summed E-state index contributed by atoms with van der Waals surface area (Å²) in [7, 11) is -4.20. The van der Waals surface area contributed by atoms with Gasteiger partial charge in [-0.25, -0.2) is 22.5 Å². The fraction of sp³-hybridized carbons (Fsp3) is 0.300. The first-order valence-electron chi connectivity index (χ1n) is 9.03. The molecule has 0 N–H and O–H groups in total. The molecule has 0 radical (unpaired) electrons. The third kappa shape index (κ3) is 3.28. The largest absolute Gasteiger partial charge is 0.748 e. The summed E-state index contributed by atoms with van der Waals surface area (Å²) in [6, 6.07) is 14.4. The van der Waals surface area contributed by atoms with Gasteiger partial charge in [0, 0.05) is 29.5 Å². The van der Waals surface area contributed by atoms with Gasteiger partial charge in [0.25, 0.3) is 5.82 Å². The monoisotopic (exact) mass is 383 g/mol. The lowest BCUT2D eigenvalue weighted by Gasteiger charge is -2.06. The molecule has 0 atom stereocenters. The second kappa shape index (κ2) is 6.58. The zero-order chi connectivity index (χ0) is 19.2. The van der Waals surface area contributed by atoms with Gasteiger partial charge in [-0.2, -0.15) is 0 Å². The third-order valence-corrected chi connectivity index (χ3v) is 5.86. The van der Waals surface area contributed by atoms with Gasteiger partial charge in [0.15, 0.2) is 11.0 Å². The predicted molar refractivity (Wildman–Crippen MR) is 105 cm³/mol. The molecule has 0 saturated carbocycles. The van der Waals surface area contributed by atoms with Gasteiger partial charge in [-0.1, -0.05) is 18.2 Å². The highest BCUT2D eigenvalue weighted by Crippen LogP contribution is 2.25. The van der Waals surface area contributed by atoms with E-state index in [1.807, 2.05) is 25.1 Å². The van der Waals surface area contributed by atoms with E-state index in [1.165, 1.54) is 0 Å².